The molecular formula is C20H16ClFN4O3S2. The molecule has 1 aromatic heterocycles. The van der Waals surface area contributed by atoms with Crippen LogP contribution in [-0.2, 0) is 16.6 Å². The van der Waals surface area contributed by atoms with E-state index in [1.165, 1.54) is 23.5 Å². The fourth-order valence-electron chi connectivity index (χ4n) is 2.73. The lowest BCUT2D eigenvalue weighted by Gasteiger charge is -2.22. The Morgan fingerprint density at radius 2 is 1.97 bits per heavy atom. The molecule has 0 radical (unpaired) electrons. The number of thiazole rings is 1. The maximum atomic E-state index is 14.0. The number of hydrogen-bond acceptors (Lipinski definition) is 7. The van der Waals surface area contributed by atoms with Crippen LogP contribution in [0, 0.1) is 24.1 Å². The Balaban J connectivity index is 2.03. The molecule has 7 nitrogen and oxygen atoms in total. The Morgan fingerprint density at radius 3 is 2.55 bits per heavy atom. The third-order valence-electron chi connectivity index (χ3n) is 4.14. The number of nitrogens with one attached hydrogen (secondary N) is 1. The number of rotatable bonds is 6. The molecule has 0 atom stereocenters. The van der Waals surface area contributed by atoms with E-state index in [1.54, 1.807) is 42.2 Å². The smallest absolute Gasteiger partial charge is 0.284 e. The molecular weight excluding hydrogens is 463 g/mol. The van der Waals surface area contributed by atoms with Gasteiger partial charge in [0.1, 0.15) is 11.5 Å². The molecule has 0 aliphatic rings. The van der Waals surface area contributed by atoms with Gasteiger partial charge in [-0.25, -0.2) is 22.5 Å². The van der Waals surface area contributed by atoms with E-state index in [2.05, 4.69) is 4.98 Å². The van der Waals surface area contributed by atoms with Crippen molar-refractivity contribution in [1.29, 1.82) is 5.26 Å². The largest absolute Gasteiger partial charge is 0.313 e. The summed E-state index contributed by atoms with van der Waals surface area (Å²) in [7, 11) is -3.75. The number of nitriles is 1. The first-order chi connectivity index (χ1) is 14.6. The molecule has 3 aromatic rings. The van der Waals surface area contributed by atoms with E-state index in [0.717, 1.165) is 6.26 Å². The van der Waals surface area contributed by atoms with Crippen LogP contribution in [0.1, 0.15) is 26.5 Å². The topological polar surface area (TPSA) is 103 Å². The Morgan fingerprint density at radius 1 is 1.29 bits per heavy atom. The summed E-state index contributed by atoms with van der Waals surface area (Å²) in [5.41, 5.74) is 1.69. The van der Waals surface area contributed by atoms with Crippen LogP contribution in [0.15, 0.2) is 42.5 Å². The lowest BCUT2D eigenvalue weighted by Crippen LogP contribution is -2.30. The van der Waals surface area contributed by atoms with Crippen molar-refractivity contribution in [3.05, 3.63) is 75.0 Å². The minimum Gasteiger partial charge on any atom is -0.313 e. The summed E-state index contributed by atoms with van der Waals surface area (Å²) in [6.07, 6.45) is 0.881. The van der Waals surface area contributed by atoms with Crippen LogP contribution >= 0.6 is 22.9 Å². The van der Waals surface area contributed by atoms with Crippen molar-refractivity contribution in [2.24, 2.45) is 0 Å². The van der Waals surface area contributed by atoms with Crippen molar-refractivity contribution in [2.75, 3.05) is 11.2 Å². The first-order valence-corrected chi connectivity index (χ1v) is 11.9. The highest BCUT2D eigenvalue weighted by atomic mass is 35.5. The van der Waals surface area contributed by atoms with Crippen molar-refractivity contribution in [3.63, 3.8) is 0 Å². The SMILES string of the molecule is Cc1sc(N(Cc2ccc(Cl)c(F)c2)c2ccc(C#N)cc2)nc1C(=O)NS(C)(=O)=O. The fourth-order valence-corrected chi connectivity index (χ4v) is 4.21. The van der Waals surface area contributed by atoms with E-state index < -0.39 is 21.7 Å². The van der Waals surface area contributed by atoms with Gasteiger partial charge in [0.05, 0.1) is 29.5 Å². The summed E-state index contributed by atoms with van der Waals surface area (Å²) >= 11 is 6.96. The molecule has 2 aromatic carbocycles. The Hall–Kier alpha value is -3.00. The van der Waals surface area contributed by atoms with E-state index in [9.17, 15) is 17.6 Å². The molecule has 1 amide bonds. The normalized spacial score (nSPS) is 11.1. The van der Waals surface area contributed by atoms with E-state index in [1.807, 2.05) is 10.8 Å². The molecule has 0 saturated carbocycles. The quantitative estimate of drug-likeness (QED) is 0.571. The first-order valence-electron chi connectivity index (χ1n) is 8.78. The van der Waals surface area contributed by atoms with E-state index in [-0.39, 0.29) is 17.3 Å². The maximum absolute atomic E-state index is 14.0. The monoisotopic (exact) mass is 478 g/mol. The summed E-state index contributed by atoms with van der Waals surface area (Å²) in [6.45, 7) is 1.84. The Kier molecular flexibility index (Phi) is 6.59. The van der Waals surface area contributed by atoms with Gasteiger partial charge in [-0.2, -0.15) is 5.26 Å². The molecule has 1 heterocycles. The highest BCUT2D eigenvalue weighted by Gasteiger charge is 2.22. The van der Waals surface area contributed by atoms with Crippen LogP contribution in [0.5, 0.6) is 0 Å². The third-order valence-corrected chi connectivity index (χ3v) is 6.00. The second kappa shape index (κ2) is 9.01. The average molecular weight is 479 g/mol. The zero-order valence-corrected chi connectivity index (χ0v) is 18.8. The van der Waals surface area contributed by atoms with Gasteiger partial charge in [-0.1, -0.05) is 17.7 Å². The van der Waals surface area contributed by atoms with E-state index in [4.69, 9.17) is 16.9 Å². The minimum absolute atomic E-state index is 0.00139. The van der Waals surface area contributed by atoms with Crippen molar-refractivity contribution >= 4 is 49.7 Å². The van der Waals surface area contributed by atoms with Crippen LogP contribution in [0.2, 0.25) is 5.02 Å². The first kappa shape index (κ1) is 22.7. The number of anilines is 2. The maximum Gasteiger partial charge on any atom is 0.284 e. The number of nitrogens with zero attached hydrogens (tertiary/aromatic N) is 3. The second-order valence-electron chi connectivity index (χ2n) is 6.60. The highest BCUT2D eigenvalue weighted by molar-refractivity contribution is 7.89. The number of halogens is 2. The van der Waals surface area contributed by atoms with Gasteiger partial charge in [-0.15, -0.1) is 11.3 Å². The number of carbonyl (C=O) groups is 1. The zero-order valence-electron chi connectivity index (χ0n) is 16.4. The van der Waals surface area contributed by atoms with Gasteiger partial charge in [-0.3, -0.25) is 4.79 Å². The van der Waals surface area contributed by atoms with Crippen molar-refractivity contribution in [2.45, 2.75) is 13.5 Å². The molecule has 0 saturated heterocycles. The molecule has 0 unspecified atom stereocenters. The molecule has 160 valence electrons. The lowest BCUT2D eigenvalue weighted by atomic mass is 10.1. The predicted molar refractivity (Wildman–Crippen MR) is 118 cm³/mol. The summed E-state index contributed by atoms with van der Waals surface area (Å²) in [4.78, 5) is 18.9. The van der Waals surface area contributed by atoms with Gasteiger partial charge < -0.3 is 4.90 Å². The van der Waals surface area contributed by atoms with Gasteiger partial charge in [0.2, 0.25) is 10.0 Å². The van der Waals surface area contributed by atoms with Gasteiger partial charge >= 0.3 is 0 Å². The number of sulfonamides is 1. The number of benzene rings is 2. The highest BCUT2D eigenvalue weighted by Crippen LogP contribution is 2.33. The molecule has 11 heteroatoms. The Labute approximate surface area is 187 Å². The van der Waals surface area contributed by atoms with Crippen LogP contribution in [0.3, 0.4) is 0 Å². The van der Waals surface area contributed by atoms with Crippen molar-refractivity contribution in [3.8, 4) is 6.07 Å². The summed E-state index contributed by atoms with van der Waals surface area (Å²) in [5, 5.41) is 9.45. The summed E-state index contributed by atoms with van der Waals surface area (Å²) in [5.74, 6) is -1.40. The Bertz CT molecular complexity index is 1280. The van der Waals surface area contributed by atoms with Crippen molar-refractivity contribution < 1.29 is 17.6 Å². The molecule has 0 fully saturated rings. The van der Waals surface area contributed by atoms with Crippen LogP contribution < -0.4 is 9.62 Å². The molecule has 0 aliphatic heterocycles. The molecule has 0 spiro atoms. The number of aromatic nitrogens is 1. The van der Waals surface area contributed by atoms with E-state index >= 15 is 0 Å². The molecule has 0 bridgehead atoms. The van der Waals surface area contributed by atoms with Crippen LogP contribution in [0.25, 0.3) is 0 Å². The molecule has 3 rings (SSSR count). The molecule has 0 aliphatic carbocycles. The molecule has 31 heavy (non-hydrogen) atoms. The van der Waals surface area contributed by atoms with E-state index in [0.29, 0.717) is 26.8 Å². The van der Waals surface area contributed by atoms with Crippen LogP contribution in [-0.4, -0.2) is 25.6 Å². The van der Waals surface area contributed by atoms with Gasteiger partial charge in [-0.05, 0) is 48.9 Å². The third kappa shape index (κ3) is 5.58. The number of amides is 1. The molecule has 1 N–H and O–H groups in total. The van der Waals surface area contributed by atoms with Gasteiger partial charge in [0.25, 0.3) is 5.91 Å². The summed E-state index contributed by atoms with van der Waals surface area (Å²) in [6, 6.07) is 13.1. The van der Waals surface area contributed by atoms with Crippen LogP contribution in [0.4, 0.5) is 15.2 Å². The standard InChI is InChI=1S/C20H16ClFN4O3S2/c1-12-18(19(27)25-31(2,28)29)24-20(30-12)26(15-6-3-13(10-23)4-7-15)11-14-5-8-16(21)17(22)9-14/h3-9H,11H2,1-2H3,(H,25,27). The second-order valence-corrected chi connectivity index (χ2v) is 9.94. The minimum atomic E-state index is -3.75. The number of carbonyl (C=O) groups excluding carboxylic acids is 1. The fraction of sp³-hybridized carbons (Fsp3) is 0.150. The van der Waals surface area contributed by atoms with Gasteiger partial charge in [0, 0.05) is 10.6 Å². The lowest BCUT2D eigenvalue weighted by molar-refractivity contribution is 0.0977. The number of aryl methyl sites for hydroxylation is 1. The van der Waals surface area contributed by atoms with Gasteiger partial charge in [0.15, 0.2) is 5.13 Å². The predicted octanol–water partition coefficient (Wildman–Crippen LogP) is 4.14. The van der Waals surface area contributed by atoms with Crippen molar-refractivity contribution in [1.82, 2.24) is 9.71 Å². The summed E-state index contributed by atoms with van der Waals surface area (Å²) < 4.78 is 38.7. The zero-order chi connectivity index (χ0) is 22.8. The number of hydrogen-bond donors (Lipinski definition) is 1. The average Bonchev–Trinajstić information content (AvgIpc) is 3.09.